The van der Waals surface area contributed by atoms with Gasteiger partial charge >= 0.3 is 0 Å². The van der Waals surface area contributed by atoms with Crippen molar-refractivity contribution in [2.24, 2.45) is 5.73 Å². The molecule has 0 aromatic rings. The largest absolute Gasteiger partial charge is 0.368 e. The van der Waals surface area contributed by atoms with Crippen LogP contribution >= 0.6 is 0 Å². The van der Waals surface area contributed by atoms with Crippen molar-refractivity contribution >= 4 is 5.91 Å². The van der Waals surface area contributed by atoms with E-state index in [2.05, 4.69) is 29.1 Å². The van der Waals surface area contributed by atoms with Gasteiger partial charge in [-0.3, -0.25) is 9.69 Å². The second-order valence-electron chi connectivity index (χ2n) is 6.33. The average Bonchev–Trinajstić information content (AvgIpc) is 2.51. The van der Waals surface area contributed by atoms with Gasteiger partial charge in [0.05, 0.1) is 5.54 Å². The lowest BCUT2D eigenvalue weighted by atomic mass is 9.94. The predicted molar refractivity (Wildman–Crippen MR) is 83.7 cm³/mol. The van der Waals surface area contributed by atoms with E-state index >= 15 is 0 Å². The minimum atomic E-state index is -0.569. The number of likely N-dealkylation sites (N-methyl/N-ethyl adjacent to an activating group) is 2. The molecule has 0 saturated carbocycles. The van der Waals surface area contributed by atoms with Gasteiger partial charge in [-0.05, 0) is 66.3 Å². The van der Waals surface area contributed by atoms with E-state index in [-0.39, 0.29) is 5.91 Å². The fraction of sp³-hybridized carbons (Fsp3) is 0.933. The fourth-order valence-corrected chi connectivity index (χ4v) is 3.08. The number of carbonyl (C=O) groups excluding carboxylic acids is 1. The summed E-state index contributed by atoms with van der Waals surface area (Å²) in [5.74, 6) is -0.247. The van der Waals surface area contributed by atoms with Crippen LogP contribution < -0.4 is 11.1 Å². The number of carbonyl (C=O) groups is 1. The molecule has 1 amide bonds. The lowest BCUT2D eigenvalue weighted by molar-refractivity contribution is -0.124. The van der Waals surface area contributed by atoms with Crippen LogP contribution in [0, 0.1) is 0 Å². The Morgan fingerprint density at radius 3 is 2.75 bits per heavy atom. The molecule has 5 nitrogen and oxygen atoms in total. The lowest BCUT2D eigenvalue weighted by Crippen LogP contribution is -2.53. The van der Waals surface area contributed by atoms with Crippen LogP contribution in [-0.2, 0) is 4.79 Å². The van der Waals surface area contributed by atoms with Gasteiger partial charge in [0.25, 0.3) is 0 Å². The number of nitrogens with two attached hydrogens (primary N) is 1. The molecule has 0 aromatic carbocycles. The molecule has 1 saturated heterocycles. The zero-order chi connectivity index (χ0) is 15.2. The van der Waals surface area contributed by atoms with Gasteiger partial charge in [-0.1, -0.05) is 6.92 Å². The van der Waals surface area contributed by atoms with Crippen molar-refractivity contribution in [1.82, 2.24) is 15.1 Å². The molecule has 5 heteroatoms. The molecule has 2 atom stereocenters. The second kappa shape index (κ2) is 7.96. The third-order valence-electron chi connectivity index (χ3n) is 4.42. The summed E-state index contributed by atoms with van der Waals surface area (Å²) in [6, 6.07) is 0.585. The SMILES string of the molecule is CCNC(C)(CCCN1CCCN(C)CC1C)C(N)=O. The van der Waals surface area contributed by atoms with Crippen LogP contribution in [-0.4, -0.2) is 67.1 Å². The van der Waals surface area contributed by atoms with E-state index in [1.807, 2.05) is 13.8 Å². The summed E-state index contributed by atoms with van der Waals surface area (Å²) in [4.78, 5) is 16.5. The topological polar surface area (TPSA) is 61.6 Å². The van der Waals surface area contributed by atoms with Crippen LogP contribution in [0.15, 0.2) is 0 Å². The van der Waals surface area contributed by atoms with Crippen molar-refractivity contribution in [3.63, 3.8) is 0 Å². The average molecular weight is 284 g/mol. The first-order chi connectivity index (χ1) is 9.39. The van der Waals surface area contributed by atoms with Crippen molar-refractivity contribution in [2.75, 3.05) is 39.8 Å². The predicted octanol–water partition coefficient (Wildman–Crippen LogP) is 0.646. The van der Waals surface area contributed by atoms with Gasteiger partial charge in [0.15, 0.2) is 0 Å². The van der Waals surface area contributed by atoms with Crippen LogP contribution in [0.5, 0.6) is 0 Å². The van der Waals surface area contributed by atoms with Crippen molar-refractivity contribution in [2.45, 2.75) is 51.6 Å². The number of hydrogen-bond acceptors (Lipinski definition) is 4. The molecule has 1 fully saturated rings. The van der Waals surface area contributed by atoms with Crippen LogP contribution in [0.2, 0.25) is 0 Å². The molecule has 0 bridgehead atoms. The first-order valence-electron chi connectivity index (χ1n) is 7.86. The maximum Gasteiger partial charge on any atom is 0.237 e. The standard InChI is InChI=1S/C15H32N4O/c1-5-17-15(3,14(16)20)8-6-10-19-11-7-9-18(4)12-13(19)2/h13,17H,5-12H2,1-4H3,(H2,16,20). The Bertz CT molecular complexity index is 310. The van der Waals surface area contributed by atoms with Gasteiger partial charge in [-0.15, -0.1) is 0 Å². The highest BCUT2D eigenvalue weighted by atomic mass is 16.1. The summed E-state index contributed by atoms with van der Waals surface area (Å²) in [6.45, 7) is 11.5. The van der Waals surface area contributed by atoms with Crippen molar-refractivity contribution < 1.29 is 4.79 Å². The van der Waals surface area contributed by atoms with Crippen molar-refractivity contribution in [3.05, 3.63) is 0 Å². The van der Waals surface area contributed by atoms with Crippen LogP contribution in [0.3, 0.4) is 0 Å². The molecule has 118 valence electrons. The maximum atomic E-state index is 11.6. The first-order valence-corrected chi connectivity index (χ1v) is 7.86. The molecule has 3 N–H and O–H groups in total. The van der Waals surface area contributed by atoms with E-state index < -0.39 is 5.54 Å². The molecular formula is C15H32N4O. The smallest absolute Gasteiger partial charge is 0.237 e. The number of amides is 1. The van der Waals surface area contributed by atoms with E-state index in [9.17, 15) is 4.79 Å². The number of nitrogens with one attached hydrogen (secondary N) is 1. The minimum absolute atomic E-state index is 0.247. The van der Waals surface area contributed by atoms with Crippen LogP contribution in [0.4, 0.5) is 0 Å². The Labute approximate surface area is 123 Å². The third kappa shape index (κ3) is 5.04. The Kier molecular flexibility index (Phi) is 6.92. The molecule has 1 aliphatic rings. The second-order valence-corrected chi connectivity index (χ2v) is 6.33. The normalized spacial score (nSPS) is 25.1. The summed E-state index contributed by atoms with van der Waals surface area (Å²) in [5, 5.41) is 3.23. The maximum absolute atomic E-state index is 11.6. The Hall–Kier alpha value is -0.650. The van der Waals surface area contributed by atoms with E-state index in [1.54, 1.807) is 0 Å². The molecule has 20 heavy (non-hydrogen) atoms. The van der Waals surface area contributed by atoms with E-state index in [4.69, 9.17) is 5.73 Å². The number of hydrogen-bond donors (Lipinski definition) is 2. The first kappa shape index (κ1) is 17.4. The highest BCUT2D eigenvalue weighted by Crippen LogP contribution is 2.15. The Balaban J connectivity index is 2.43. The quantitative estimate of drug-likeness (QED) is 0.720. The van der Waals surface area contributed by atoms with Gasteiger partial charge in [0.2, 0.25) is 5.91 Å². The minimum Gasteiger partial charge on any atom is -0.368 e. The summed E-state index contributed by atoms with van der Waals surface area (Å²) in [7, 11) is 2.19. The fourth-order valence-electron chi connectivity index (χ4n) is 3.08. The third-order valence-corrected chi connectivity index (χ3v) is 4.42. The van der Waals surface area contributed by atoms with Crippen molar-refractivity contribution in [1.29, 1.82) is 0 Å². The van der Waals surface area contributed by atoms with Gasteiger partial charge in [-0.2, -0.15) is 0 Å². The molecule has 0 aliphatic carbocycles. The van der Waals surface area contributed by atoms with E-state index in [0.717, 1.165) is 39.0 Å². The molecule has 0 spiro atoms. The number of rotatable bonds is 7. The molecule has 1 rings (SSSR count). The summed E-state index contributed by atoms with van der Waals surface area (Å²) in [5.41, 5.74) is 4.96. The van der Waals surface area contributed by atoms with Gasteiger partial charge in [0, 0.05) is 12.6 Å². The van der Waals surface area contributed by atoms with E-state index in [0.29, 0.717) is 6.04 Å². The molecule has 2 unspecified atom stereocenters. The molecule has 1 heterocycles. The monoisotopic (exact) mass is 284 g/mol. The molecule has 1 aliphatic heterocycles. The highest BCUT2D eigenvalue weighted by Gasteiger charge is 2.29. The van der Waals surface area contributed by atoms with Gasteiger partial charge < -0.3 is 16.0 Å². The molecule has 0 aromatic heterocycles. The summed E-state index contributed by atoms with van der Waals surface area (Å²) in [6.07, 6.45) is 3.02. The van der Waals surface area contributed by atoms with Gasteiger partial charge in [-0.25, -0.2) is 0 Å². The molecular weight excluding hydrogens is 252 g/mol. The zero-order valence-corrected chi connectivity index (χ0v) is 13.6. The van der Waals surface area contributed by atoms with E-state index in [1.165, 1.54) is 13.0 Å². The van der Waals surface area contributed by atoms with Gasteiger partial charge in [0.1, 0.15) is 0 Å². The van der Waals surface area contributed by atoms with Crippen LogP contribution in [0.25, 0.3) is 0 Å². The summed E-state index contributed by atoms with van der Waals surface area (Å²) >= 11 is 0. The highest BCUT2D eigenvalue weighted by molar-refractivity contribution is 5.84. The van der Waals surface area contributed by atoms with Crippen molar-refractivity contribution in [3.8, 4) is 0 Å². The zero-order valence-electron chi connectivity index (χ0n) is 13.6. The summed E-state index contributed by atoms with van der Waals surface area (Å²) < 4.78 is 0. The van der Waals surface area contributed by atoms with Crippen LogP contribution in [0.1, 0.15) is 40.0 Å². The molecule has 0 radical (unpaired) electrons. The number of primary amides is 1. The Morgan fingerprint density at radius 2 is 2.15 bits per heavy atom. The Morgan fingerprint density at radius 1 is 1.45 bits per heavy atom. The lowest BCUT2D eigenvalue weighted by Gasteiger charge is -2.31. The number of nitrogens with zero attached hydrogens (tertiary/aromatic N) is 2.